The number of carbonyl (C=O) groups is 3. The largest absolute Gasteiger partial charge is 0.480 e. The summed E-state index contributed by atoms with van der Waals surface area (Å²) in [5.41, 5.74) is 4.79. The van der Waals surface area contributed by atoms with Crippen molar-refractivity contribution in [2.45, 2.75) is 77.8 Å². The molecule has 2 heterocycles. The maximum absolute atomic E-state index is 13.1. The molecular weight excluding hydrogens is 572 g/mol. The average Bonchev–Trinajstić information content (AvgIpc) is 3.48. The highest BCUT2D eigenvalue weighted by atomic mass is 32.1. The molecule has 9 heteroatoms. The Morgan fingerprint density at radius 2 is 1.36 bits per heavy atom. The lowest BCUT2D eigenvalue weighted by atomic mass is 9.86. The summed E-state index contributed by atoms with van der Waals surface area (Å²) in [7, 11) is 0. The molecule has 0 saturated heterocycles. The fraction of sp³-hybridized carbons (Fsp3) is 0.343. The maximum Gasteiger partial charge on any atom is 0.325 e. The first kappa shape index (κ1) is 32.5. The lowest BCUT2D eigenvalue weighted by Gasteiger charge is -2.20. The molecule has 4 rings (SSSR count). The second-order valence-corrected chi connectivity index (χ2v) is 14.1. The Labute approximate surface area is 263 Å². The van der Waals surface area contributed by atoms with Gasteiger partial charge in [0.15, 0.2) is 5.82 Å². The Kier molecular flexibility index (Phi) is 9.69. The number of rotatable bonds is 9. The minimum absolute atomic E-state index is 0.0809. The highest BCUT2D eigenvalue weighted by molar-refractivity contribution is 7.14. The Bertz CT molecular complexity index is 1610. The van der Waals surface area contributed by atoms with Crippen LogP contribution in [0, 0.1) is 0 Å². The van der Waals surface area contributed by atoms with Gasteiger partial charge in [-0.1, -0.05) is 90.1 Å². The molecule has 44 heavy (non-hydrogen) atoms. The molecule has 8 nitrogen and oxygen atoms in total. The molecule has 0 aliphatic rings. The number of carboxylic acids is 1. The zero-order chi connectivity index (χ0) is 32.2. The third-order valence-electron chi connectivity index (χ3n) is 7.31. The Hall–Kier alpha value is -4.37. The number of amides is 2. The lowest BCUT2D eigenvalue weighted by molar-refractivity contribution is -0.141. The zero-order valence-corrected chi connectivity index (χ0v) is 27.1. The fourth-order valence-corrected chi connectivity index (χ4v) is 5.46. The van der Waals surface area contributed by atoms with E-state index < -0.39 is 24.0 Å². The number of hydrogen-bond acceptors (Lipinski definition) is 6. The second-order valence-electron chi connectivity index (χ2n) is 13.0. The molecule has 2 aromatic heterocycles. The lowest BCUT2D eigenvalue weighted by Crippen LogP contribution is -2.51. The van der Waals surface area contributed by atoms with Crippen molar-refractivity contribution in [1.29, 1.82) is 0 Å². The molecule has 4 aromatic rings. The van der Waals surface area contributed by atoms with Gasteiger partial charge in [0.2, 0.25) is 5.91 Å². The first-order valence-electron chi connectivity index (χ1n) is 14.6. The van der Waals surface area contributed by atoms with Crippen molar-refractivity contribution in [3.8, 4) is 22.5 Å². The van der Waals surface area contributed by atoms with Crippen LogP contribution in [-0.4, -0.2) is 44.9 Å². The summed E-state index contributed by atoms with van der Waals surface area (Å²) in [6, 6.07) is 17.5. The van der Waals surface area contributed by atoms with E-state index in [1.807, 2.05) is 30.3 Å². The number of benzene rings is 2. The second kappa shape index (κ2) is 13.1. The standard InChI is InChI=1S/C35H40N4O4S/c1-21(33(42)43)38-31(40)27(39-32(41)28-16-17-29(44-28)35(5,6)7)18-22-8-10-24(11-9-22)30-36-19-25(20-37-30)23-12-14-26(15-13-23)34(2,3)4/h8-17,19-21,27H,18H2,1-7H3,(H,38,40)(H,39,41)(H,42,43). The van der Waals surface area contributed by atoms with Crippen LogP contribution in [-0.2, 0) is 26.8 Å². The monoisotopic (exact) mass is 612 g/mol. The van der Waals surface area contributed by atoms with Crippen LogP contribution in [0.15, 0.2) is 73.1 Å². The van der Waals surface area contributed by atoms with Gasteiger partial charge >= 0.3 is 5.97 Å². The first-order chi connectivity index (χ1) is 20.6. The highest BCUT2D eigenvalue weighted by Gasteiger charge is 2.26. The number of carbonyl (C=O) groups excluding carboxylic acids is 2. The number of hydrogen-bond donors (Lipinski definition) is 3. The van der Waals surface area contributed by atoms with Crippen LogP contribution in [0.5, 0.6) is 0 Å². The number of nitrogens with one attached hydrogen (secondary N) is 2. The SMILES string of the molecule is CC(NC(=O)C(Cc1ccc(-c2ncc(-c3ccc(C(C)(C)C)cc3)cn2)cc1)NC(=O)c1ccc(C(C)(C)C)s1)C(=O)O. The van der Waals surface area contributed by atoms with Crippen molar-refractivity contribution in [3.63, 3.8) is 0 Å². The molecule has 3 N–H and O–H groups in total. The van der Waals surface area contributed by atoms with E-state index in [0.29, 0.717) is 10.7 Å². The highest BCUT2D eigenvalue weighted by Crippen LogP contribution is 2.30. The van der Waals surface area contributed by atoms with Crippen molar-refractivity contribution in [1.82, 2.24) is 20.6 Å². The van der Waals surface area contributed by atoms with Crippen LogP contribution in [0.2, 0.25) is 0 Å². The van der Waals surface area contributed by atoms with E-state index in [-0.39, 0.29) is 23.2 Å². The fourth-order valence-electron chi connectivity index (χ4n) is 4.49. The Balaban J connectivity index is 1.49. The molecule has 0 radical (unpaired) electrons. The Morgan fingerprint density at radius 3 is 1.89 bits per heavy atom. The smallest absolute Gasteiger partial charge is 0.325 e. The van der Waals surface area contributed by atoms with Crippen LogP contribution in [0.4, 0.5) is 0 Å². The summed E-state index contributed by atoms with van der Waals surface area (Å²) >= 11 is 1.38. The third-order valence-corrected chi connectivity index (χ3v) is 8.82. The molecule has 2 atom stereocenters. The van der Waals surface area contributed by atoms with Crippen molar-refractivity contribution >= 4 is 29.1 Å². The number of carboxylic acid groups (broad SMARTS) is 1. The van der Waals surface area contributed by atoms with E-state index >= 15 is 0 Å². The van der Waals surface area contributed by atoms with Crippen LogP contribution in [0.25, 0.3) is 22.5 Å². The van der Waals surface area contributed by atoms with Gasteiger partial charge in [-0.2, -0.15) is 0 Å². The van der Waals surface area contributed by atoms with Crippen molar-refractivity contribution in [2.75, 3.05) is 0 Å². The van der Waals surface area contributed by atoms with E-state index in [4.69, 9.17) is 0 Å². The molecule has 0 saturated carbocycles. The van der Waals surface area contributed by atoms with Crippen LogP contribution >= 0.6 is 11.3 Å². The van der Waals surface area contributed by atoms with Crippen LogP contribution in [0.3, 0.4) is 0 Å². The molecule has 0 fully saturated rings. The number of aliphatic carboxylic acids is 1. The molecule has 2 amide bonds. The molecule has 0 spiro atoms. The summed E-state index contributed by atoms with van der Waals surface area (Å²) in [5, 5.41) is 14.6. The summed E-state index contributed by atoms with van der Waals surface area (Å²) in [5.74, 6) is -1.54. The van der Waals surface area contributed by atoms with E-state index in [9.17, 15) is 19.5 Å². The van der Waals surface area contributed by atoms with Gasteiger partial charge in [-0.3, -0.25) is 14.4 Å². The average molecular weight is 613 g/mol. The Morgan fingerprint density at radius 1 is 0.773 bits per heavy atom. The van der Waals surface area contributed by atoms with Gasteiger partial charge in [-0.15, -0.1) is 11.3 Å². The summed E-state index contributed by atoms with van der Waals surface area (Å²) < 4.78 is 0. The third kappa shape index (κ3) is 8.17. The van der Waals surface area contributed by atoms with E-state index in [1.165, 1.54) is 23.8 Å². The minimum atomic E-state index is -1.16. The normalized spacial score (nSPS) is 13.2. The minimum Gasteiger partial charge on any atom is -0.480 e. The summed E-state index contributed by atoms with van der Waals surface area (Å²) in [6.07, 6.45) is 3.78. The summed E-state index contributed by atoms with van der Waals surface area (Å²) in [6.45, 7) is 14.1. The summed E-state index contributed by atoms with van der Waals surface area (Å²) in [4.78, 5) is 48.3. The van der Waals surface area contributed by atoms with Gasteiger partial charge in [0.1, 0.15) is 12.1 Å². The quantitative estimate of drug-likeness (QED) is 0.201. The predicted molar refractivity (Wildman–Crippen MR) is 175 cm³/mol. The zero-order valence-electron chi connectivity index (χ0n) is 26.3. The number of aromatic nitrogens is 2. The van der Waals surface area contributed by atoms with E-state index in [2.05, 4.69) is 86.4 Å². The topological polar surface area (TPSA) is 121 Å². The van der Waals surface area contributed by atoms with Gasteiger partial charge in [0, 0.05) is 34.8 Å². The van der Waals surface area contributed by atoms with Crippen LogP contribution < -0.4 is 10.6 Å². The van der Waals surface area contributed by atoms with Crippen molar-refractivity contribution < 1.29 is 19.5 Å². The predicted octanol–water partition coefficient (Wildman–Crippen LogP) is 6.40. The van der Waals surface area contributed by atoms with Crippen molar-refractivity contribution in [3.05, 3.63) is 93.9 Å². The number of nitrogens with zero attached hydrogens (tertiary/aromatic N) is 2. The van der Waals surface area contributed by atoms with Crippen molar-refractivity contribution in [2.24, 2.45) is 0 Å². The molecule has 0 bridgehead atoms. The van der Waals surface area contributed by atoms with Gasteiger partial charge in [0.25, 0.3) is 5.91 Å². The molecule has 2 unspecified atom stereocenters. The molecule has 0 aliphatic heterocycles. The van der Waals surface area contributed by atoms with E-state index in [0.717, 1.165) is 27.1 Å². The van der Waals surface area contributed by atoms with Gasteiger partial charge in [0.05, 0.1) is 4.88 Å². The van der Waals surface area contributed by atoms with Gasteiger partial charge < -0.3 is 15.7 Å². The van der Waals surface area contributed by atoms with Gasteiger partial charge in [-0.25, -0.2) is 9.97 Å². The molecule has 0 aliphatic carbocycles. The number of thiophene rings is 1. The first-order valence-corrected chi connectivity index (χ1v) is 15.4. The van der Waals surface area contributed by atoms with E-state index in [1.54, 1.807) is 18.5 Å². The molecule has 230 valence electrons. The molecular formula is C35H40N4O4S. The van der Waals surface area contributed by atoms with Crippen LogP contribution in [0.1, 0.15) is 74.1 Å². The molecule has 2 aromatic carbocycles. The maximum atomic E-state index is 13.1. The van der Waals surface area contributed by atoms with Gasteiger partial charge in [-0.05, 0) is 46.6 Å².